The second-order valence-electron chi connectivity index (χ2n) is 6.44. The molecule has 0 radical (unpaired) electrons. The first kappa shape index (κ1) is 18.0. The Hall–Kier alpha value is -1.77. The number of amides is 2. The van der Waals surface area contributed by atoms with Crippen molar-refractivity contribution in [3.05, 3.63) is 35.4 Å². The molecule has 2 aliphatic rings. The van der Waals surface area contributed by atoms with Crippen LogP contribution < -0.4 is 5.32 Å². The summed E-state index contributed by atoms with van der Waals surface area (Å²) in [5.74, 6) is -0.731. The largest absolute Gasteiger partial charge is 0.317 e. The van der Waals surface area contributed by atoms with Gasteiger partial charge in [-0.1, -0.05) is 12.1 Å². The van der Waals surface area contributed by atoms with E-state index >= 15 is 0 Å². The van der Waals surface area contributed by atoms with Crippen LogP contribution in [0.15, 0.2) is 24.3 Å². The molecule has 1 fully saturated rings. The molecule has 1 N–H and O–H groups in total. The number of piperidine rings is 1. The van der Waals surface area contributed by atoms with Gasteiger partial charge in [-0.15, -0.1) is 0 Å². The Morgan fingerprint density at radius 3 is 2.16 bits per heavy atom. The highest BCUT2D eigenvalue weighted by Crippen LogP contribution is 2.23. The van der Waals surface area contributed by atoms with Crippen molar-refractivity contribution in [3.8, 4) is 0 Å². The number of imide groups is 1. The number of hydrogen-bond donors (Lipinski definition) is 1. The minimum absolute atomic E-state index is 0.0510. The molecule has 0 bridgehead atoms. The molecule has 0 saturated carbocycles. The summed E-state index contributed by atoms with van der Waals surface area (Å²) in [6.07, 6.45) is 1.85. The Morgan fingerprint density at radius 1 is 1.08 bits per heavy atom. The van der Waals surface area contributed by atoms with Gasteiger partial charge in [0, 0.05) is 25.7 Å². The lowest BCUT2D eigenvalue weighted by molar-refractivity contribution is 0.0654. The van der Waals surface area contributed by atoms with E-state index in [9.17, 15) is 18.0 Å². The van der Waals surface area contributed by atoms with Gasteiger partial charge in [-0.25, -0.2) is 12.7 Å². The van der Waals surface area contributed by atoms with E-state index in [2.05, 4.69) is 5.32 Å². The van der Waals surface area contributed by atoms with E-state index in [0.717, 1.165) is 17.7 Å². The molecule has 25 heavy (non-hydrogen) atoms. The molecule has 0 aromatic heterocycles. The number of fused-ring (bicyclic) bond motifs is 1. The van der Waals surface area contributed by atoms with Crippen molar-refractivity contribution in [3.63, 3.8) is 0 Å². The molecule has 0 spiro atoms. The molecule has 8 heteroatoms. The zero-order valence-corrected chi connectivity index (χ0v) is 15.1. The van der Waals surface area contributed by atoms with Crippen LogP contribution in [0.4, 0.5) is 0 Å². The molecular weight excluding hydrogens is 342 g/mol. The molecule has 2 amide bonds. The molecule has 0 aliphatic carbocycles. The van der Waals surface area contributed by atoms with E-state index in [1.165, 1.54) is 4.31 Å². The topological polar surface area (TPSA) is 86.8 Å². The van der Waals surface area contributed by atoms with Crippen LogP contribution in [0.2, 0.25) is 0 Å². The number of carbonyl (C=O) groups is 2. The lowest BCUT2D eigenvalue weighted by Crippen LogP contribution is -2.45. The van der Waals surface area contributed by atoms with Crippen molar-refractivity contribution in [2.75, 3.05) is 32.4 Å². The Balaban J connectivity index is 1.55. The number of nitrogens with one attached hydrogen (secondary N) is 1. The molecular formula is C17H23N3O4S. The van der Waals surface area contributed by atoms with Crippen LogP contribution in [0.5, 0.6) is 0 Å². The van der Waals surface area contributed by atoms with Crippen LogP contribution in [0.25, 0.3) is 0 Å². The van der Waals surface area contributed by atoms with Gasteiger partial charge in [0.1, 0.15) is 0 Å². The summed E-state index contributed by atoms with van der Waals surface area (Å²) >= 11 is 0. The van der Waals surface area contributed by atoms with Gasteiger partial charge >= 0.3 is 0 Å². The van der Waals surface area contributed by atoms with E-state index in [1.807, 2.05) is 7.05 Å². The first-order valence-corrected chi connectivity index (χ1v) is 10.2. The van der Waals surface area contributed by atoms with Crippen LogP contribution in [-0.4, -0.2) is 67.9 Å². The van der Waals surface area contributed by atoms with Gasteiger partial charge in [0.25, 0.3) is 11.8 Å². The van der Waals surface area contributed by atoms with Gasteiger partial charge < -0.3 is 5.32 Å². The fourth-order valence-corrected chi connectivity index (χ4v) is 4.92. The van der Waals surface area contributed by atoms with Crippen LogP contribution >= 0.6 is 0 Å². The highest BCUT2D eigenvalue weighted by molar-refractivity contribution is 7.89. The lowest BCUT2D eigenvalue weighted by Gasteiger charge is -2.31. The quantitative estimate of drug-likeness (QED) is 0.750. The Morgan fingerprint density at radius 2 is 1.64 bits per heavy atom. The maximum absolute atomic E-state index is 12.5. The Labute approximate surface area is 148 Å². The molecule has 0 atom stereocenters. The predicted molar refractivity (Wildman–Crippen MR) is 93.9 cm³/mol. The molecule has 0 unspecified atom stereocenters. The standard InChI is InChI=1S/C17H23N3O4S/c1-18-13-7-10-19(11-8-13)25(23,24)12-4-9-20-16(21)14-5-2-3-6-15(14)17(20)22/h2-3,5-6,13,18H,4,7-12H2,1H3. The average molecular weight is 365 g/mol. The van der Waals surface area contributed by atoms with Crippen LogP contribution in [0.1, 0.15) is 40.0 Å². The van der Waals surface area contributed by atoms with Crippen LogP contribution in [0.3, 0.4) is 0 Å². The first-order chi connectivity index (χ1) is 11.9. The second kappa shape index (κ2) is 7.23. The highest BCUT2D eigenvalue weighted by Gasteiger charge is 2.35. The number of hydrogen-bond acceptors (Lipinski definition) is 5. The van der Waals surface area contributed by atoms with Gasteiger partial charge in [-0.2, -0.15) is 0 Å². The summed E-state index contributed by atoms with van der Waals surface area (Å²) < 4.78 is 26.4. The van der Waals surface area contributed by atoms with Gasteiger partial charge in [0.2, 0.25) is 10.0 Å². The molecule has 1 aromatic carbocycles. The summed E-state index contributed by atoms with van der Waals surface area (Å²) in [6.45, 7) is 1.15. The number of sulfonamides is 1. The predicted octanol–water partition coefficient (Wildman–Crippen LogP) is 0.686. The smallest absolute Gasteiger partial charge is 0.261 e. The van der Waals surface area contributed by atoms with Crippen molar-refractivity contribution in [1.82, 2.24) is 14.5 Å². The van der Waals surface area contributed by atoms with E-state index < -0.39 is 10.0 Å². The minimum Gasteiger partial charge on any atom is -0.317 e. The average Bonchev–Trinajstić information content (AvgIpc) is 2.87. The molecule has 7 nitrogen and oxygen atoms in total. The number of nitrogens with zero attached hydrogens (tertiary/aromatic N) is 2. The number of benzene rings is 1. The normalized spacial score (nSPS) is 19.5. The molecule has 136 valence electrons. The van der Waals surface area contributed by atoms with E-state index in [1.54, 1.807) is 24.3 Å². The zero-order valence-electron chi connectivity index (χ0n) is 14.3. The van der Waals surface area contributed by atoms with Gasteiger partial charge in [0.15, 0.2) is 0 Å². The van der Waals surface area contributed by atoms with Crippen molar-refractivity contribution in [2.24, 2.45) is 0 Å². The maximum atomic E-state index is 12.5. The summed E-state index contributed by atoms with van der Waals surface area (Å²) in [7, 11) is -1.47. The molecule has 1 saturated heterocycles. The summed E-state index contributed by atoms with van der Waals surface area (Å²) in [5.41, 5.74) is 0.786. The molecule has 1 aromatic rings. The maximum Gasteiger partial charge on any atom is 0.261 e. The zero-order chi connectivity index (χ0) is 18.0. The Bertz CT molecular complexity index is 735. The van der Waals surface area contributed by atoms with Gasteiger partial charge in [-0.3, -0.25) is 14.5 Å². The second-order valence-corrected chi connectivity index (χ2v) is 8.53. The lowest BCUT2D eigenvalue weighted by atomic mass is 10.1. The van der Waals surface area contributed by atoms with E-state index in [4.69, 9.17) is 0 Å². The minimum atomic E-state index is -3.35. The molecule has 2 heterocycles. The van der Waals surface area contributed by atoms with Gasteiger partial charge in [-0.05, 0) is 38.4 Å². The van der Waals surface area contributed by atoms with Crippen molar-refractivity contribution in [1.29, 1.82) is 0 Å². The van der Waals surface area contributed by atoms with Crippen molar-refractivity contribution < 1.29 is 18.0 Å². The highest BCUT2D eigenvalue weighted by atomic mass is 32.2. The molecule has 3 rings (SSSR count). The number of carbonyl (C=O) groups excluding carboxylic acids is 2. The first-order valence-electron chi connectivity index (χ1n) is 8.54. The summed E-state index contributed by atoms with van der Waals surface area (Å²) in [5, 5.41) is 3.17. The molecule has 2 aliphatic heterocycles. The van der Waals surface area contributed by atoms with Crippen molar-refractivity contribution >= 4 is 21.8 Å². The SMILES string of the molecule is CNC1CCN(S(=O)(=O)CCCN2C(=O)c3ccccc3C2=O)CC1. The van der Waals surface area contributed by atoms with E-state index in [-0.39, 0.29) is 30.5 Å². The number of rotatable bonds is 6. The van der Waals surface area contributed by atoms with Crippen LogP contribution in [0, 0.1) is 0 Å². The van der Waals surface area contributed by atoms with Gasteiger partial charge in [0.05, 0.1) is 16.9 Å². The monoisotopic (exact) mass is 365 g/mol. The van der Waals surface area contributed by atoms with Crippen LogP contribution in [-0.2, 0) is 10.0 Å². The van der Waals surface area contributed by atoms with E-state index in [0.29, 0.717) is 30.3 Å². The Kier molecular flexibility index (Phi) is 5.21. The summed E-state index contributed by atoms with van der Waals surface area (Å²) in [4.78, 5) is 25.7. The fourth-order valence-electron chi connectivity index (χ4n) is 3.40. The third-order valence-electron chi connectivity index (χ3n) is 4.92. The third-order valence-corrected chi connectivity index (χ3v) is 6.87. The van der Waals surface area contributed by atoms with Crippen molar-refractivity contribution in [2.45, 2.75) is 25.3 Å². The summed E-state index contributed by atoms with van der Waals surface area (Å²) in [6, 6.07) is 7.04. The fraction of sp³-hybridized carbons (Fsp3) is 0.529. The third kappa shape index (κ3) is 3.61.